The predicted molar refractivity (Wildman–Crippen MR) is 60.2 cm³/mol. The van der Waals surface area contributed by atoms with Crippen LogP contribution in [0.1, 0.15) is 12.5 Å². The zero-order valence-corrected chi connectivity index (χ0v) is 9.39. The van der Waals surface area contributed by atoms with E-state index in [0.717, 1.165) is 0 Å². The molecule has 1 aromatic carbocycles. The summed E-state index contributed by atoms with van der Waals surface area (Å²) in [4.78, 5) is 10.1. The molecule has 5 heteroatoms. The number of nitrogens with zero attached hydrogens (tertiary/aromatic N) is 1. The summed E-state index contributed by atoms with van der Waals surface area (Å²) >= 11 is 0. The second-order valence-corrected chi connectivity index (χ2v) is 3.13. The first-order valence-electron chi connectivity index (χ1n) is 4.63. The molecule has 0 radical (unpaired) electrons. The Morgan fingerprint density at radius 3 is 2.56 bits per heavy atom. The number of para-hydroxylation sites is 1. The molecule has 0 N–H and O–H groups in total. The van der Waals surface area contributed by atoms with Gasteiger partial charge in [-0.05, 0) is 6.07 Å². The summed E-state index contributed by atoms with van der Waals surface area (Å²) in [6, 6.07) is 5.21. The largest absolute Gasteiger partial charge is 0.493 e. The Labute approximate surface area is 93.4 Å². The molecule has 0 aromatic heterocycles. The van der Waals surface area contributed by atoms with Crippen molar-refractivity contribution in [2.24, 2.45) is 0 Å². The Balaban J connectivity index is 3.23. The second-order valence-electron chi connectivity index (χ2n) is 3.13. The standard InChI is InChI=1S/C11H13NO4/c1-8(12(13)14)7-9-5-4-6-10(15-2)11(9)16-3/h4-7H,1-3H3/b8-7+. The SMILES string of the molecule is COc1cccc(/C=C(\C)[N+](=O)[O-])c1OC. The van der Waals surface area contributed by atoms with Crippen LogP contribution >= 0.6 is 0 Å². The number of ether oxygens (including phenoxy) is 2. The van der Waals surface area contributed by atoms with Crippen LogP contribution in [0.2, 0.25) is 0 Å². The maximum Gasteiger partial charge on any atom is 0.243 e. The number of rotatable bonds is 4. The van der Waals surface area contributed by atoms with Crippen LogP contribution in [0.5, 0.6) is 11.5 Å². The van der Waals surface area contributed by atoms with Gasteiger partial charge in [0.05, 0.1) is 19.1 Å². The molecule has 86 valence electrons. The molecule has 0 aliphatic heterocycles. The lowest BCUT2D eigenvalue weighted by Crippen LogP contribution is -1.96. The number of hydrogen-bond donors (Lipinski definition) is 0. The molecular weight excluding hydrogens is 210 g/mol. The molecule has 0 aliphatic rings. The molecule has 0 amide bonds. The van der Waals surface area contributed by atoms with E-state index in [1.165, 1.54) is 27.2 Å². The molecule has 0 aliphatic carbocycles. The summed E-state index contributed by atoms with van der Waals surface area (Å²) in [6.45, 7) is 1.43. The monoisotopic (exact) mass is 223 g/mol. The van der Waals surface area contributed by atoms with Crippen molar-refractivity contribution in [3.63, 3.8) is 0 Å². The van der Waals surface area contributed by atoms with Gasteiger partial charge in [0.25, 0.3) is 0 Å². The molecule has 0 spiro atoms. The molecule has 16 heavy (non-hydrogen) atoms. The normalized spacial score (nSPS) is 11.1. The van der Waals surface area contributed by atoms with Gasteiger partial charge in [-0.3, -0.25) is 10.1 Å². The molecule has 0 saturated carbocycles. The number of methoxy groups -OCH3 is 2. The van der Waals surface area contributed by atoms with Gasteiger partial charge in [-0.15, -0.1) is 0 Å². The van der Waals surface area contributed by atoms with Gasteiger partial charge >= 0.3 is 0 Å². The Morgan fingerprint density at radius 1 is 1.38 bits per heavy atom. The van der Waals surface area contributed by atoms with Gasteiger partial charge in [0, 0.05) is 18.6 Å². The van der Waals surface area contributed by atoms with Crippen LogP contribution < -0.4 is 9.47 Å². The summed E-state index contributed by atoms with van der Waals surface area (Å²) in [6.07, 6.45) is 1.45. The Bertz CT molecular complexity index is 426. The van der Waals surface area contributed by atoms with Gasteiger partial charge in [0.2, 0.25) is 5.70 Å². The molecule has 0 atom stereocenters. The van der Waals surface area contributed by atoms with Crippen molar-refractivity contribution >= 4 is 6.08 Å². The van der Waals surface area contributed by atoms with Gasteiger partial charge in [-0.2, -0.15) is 0 Å². The van der Waals surface area contributed by atoms with Gasteiger partial charge in [-0.1, -0.05) is 12.1 Å². The average Bonchev–Trinajstić information content (AvgIpc) is 2.28. The van der Waals surface area contributed by atoms with Gasteiger partial charge in [0.15, 0.2) is 11.5 Å². The highest BCUT2D eigenvalue weighted by molar-refractivity contribution is 5.63. The predicted octanol–water partition coefficient (Wildman–Crippen LogP) is 2.34. The van der Waals surface area contributed by atoms with E-state index >= 15 is 0 Å². The van der Waals surface area contributed by atoms with E-state index in [9.17, 15) is 10.1 Å². The zero-order valence-electron chi connectivity index (χ0n) is 9.39. The van der Waals surface area contributed by atoms with E-state index in [2.05, 4.69) is 0 Å². The second kappa shape index (κ2) is 5.16. The van der Waals surface area contributed by atoms with E-state index in [4.69, 9.17) is 9.47 Å². The number of allylic oxidation sites excluding steroid dienone is 1. The maximum absolute atomic E-state index is 10.5. The summed E-state index contributed by atoms with van der Waals surface area (Å²) in [7, 11) is 3.02. The highest BCUT2D eigenvalue weighted by Crippen LogP contribution is 2.32. The summed E-state index contributed by atoms with van der Waals surface area (Å²) < 4.78 is 10.3. The first kappa shape index (κ1) is 12.0. The molecule has 0 saturated heterocycles. The van der Waals surface area contributed by atoms with Gasteiger partial charge in [0.1, 0.15) is 0 Å². The number of nitro groups is 1. The third-order valence-corrected chi connectivity index (χ3v) is 2.09. The lowest BCUT2D eigenvalue weighted by Gasteiger charge is -2.09. The van der Waals surface area contributed by atoms with Crippen molar-refractivity contribution in [3.05, 3.63) is 39.6 Å². The minimum absolute atomic E-state index is 0.0477. The molecule has 0 heterocycles. The smallest absolute Gasteiger partial charge is 0.243 e. The summed E-state index contributed by atoms with van der Waals surface area (Å²) in [5.41, 5.74) is 0.669. The highest BCUT2D eigenvalue weighted by atomic mass is 16.6. The molecule has 5 nitrogen and oxygen atoms in total. The van der Waals surface area contributed by atoms with Crippen LogP contribution in [0.25, 0.3) is 6.08 Å². The molecular formula is C11H13NO4. The first-order valence-corrected chi connectivity index (χ1v) is 4.63. The zero-order chi connectivity index (χ0) is 12.1. The van der Waals surface area contributed by atoms with Gasteiger partial charge < -0.3 is 9.47 Å². The number of benzene rings is 1. The Morgan fingerprint density at radius 2 is 2.06 bits per heavy atom. The molecule has 0 bridgehead atoms. The van der Waals surface area contributed by atoms with Crippen LogP contribution in [0.3, 0.4) is 0 Å². The van der Waals surface area contributed by atoms with Crippen LogP contribution in [-0.4, -0.2) is 19.1 Å². The van der Waals surface area contributed by atoms with Crippen LogP contribution in [0, 0.1) is 10.1 Å². The average molecular weight is 223 g/mol. The van der Waals surface area contributed by atoms with Crippen molar-refractivity contribution in [1.29, 1.82) is 0 Å². The van der Waals surface area contributed by atoms with Crippen molar-refractivity contribution in [2.45, 2.75) is 6.92 Å². The maximum atomic E-state index is 10.5. The quantitative estimate of drug-likeness (QED) is 0.580. The Hall–Kier alpha value is -2.04. The fourth-order valence-corrected chi connectivity index (χ4v) is 1.30. The van der Waals surface area contributed by atoms with Crippen molar-refractivity contribution in [1.82, 2.24) is 0 Å². The fourth-order valence-electron chi connectivity index (χ4n) is 1.30. The van der Waals surface area contributed by atoms with Crippen molar-refractivity contribution in [3.8, 4) is 11.5 Å². The molecule has 0 fully saturated rings. The minimum Gasteiger partial charge on any atom is -0.493 e. The van der Waals surface area contributed by atoms with Crippen LogP contribution in [0.15, 0.2) is 23.9 Å². The summed E-state index contributed by atoms with van der Waals surface area (Å²) in [5, 5.41) is 10.5. The fraction of sp³-hybridized carbons (Fsp3) is 0.273. The lowest BCUT2D eigenvalue weighted by molar-refractivity contribution is -0.422. The molecule has 1 aromatic rings. The van der Waals surface area contributed by atoms with E-state index in [0.29, 0.717) is 17.1 Å². The van der Waals surface area contributed by atoms with Crippen LogP contribution in [-0.2, 0) is 0 Å². The van der Waals surface area contributed by atoms with Gasteiger partial charge in [-0.25, -0.2) is 0 Å². The third-order valence-electron chi connectivity index (χ3n) is 2.09. The molecule has 0 unspecified atom stereocenters. The van der Waals surface area contributed by atoms with Crippen molar-refractivity contribution in [2.75, 3.05) is 14.2 Å². The Kier molecular flexibility index (Phi) is 3.88. The molecule has 1 rings (SSSR count). The van der Waals surface area contributed by atoms with Crippen LogP contribution in [0.4, 0.5) is 0 Å². The van der Waals surface area contributed by atoms with E-state index in [1.807, 2.05) is 0 Å². The summed E-state index contributed by atoms with van der Waals surface area (Å²) in [5.74, 6) is 1.04. The lowest BCUT2D eigenvalue weighted by atomic mass is 10.1. The minimum atomic E-state index is -0.446. The third kappa shape index (κ3) is 2.50. The topological polar surface area (TPSA) is 61.6 Å². The first-order chi connectivity index (χ1) is 7.60. The highest BCUT2D eigenvalue weighted by Gasteiger charge is 2.10. The van der Waals surface area contributed by atoms with E-state index in [1.54, 1.807) is 18.2 Å². The number of hydrogen-bond acceptors (Lipinski definition) is 4. The van der Waals surface area contributed by atoms with E-state index in [-0.39, 0.29) is 5.70 Å². The van der Waals surface area contributed by atoms with E-state index < -0.39 is 4.92 Å². The van der Waals surface area contributed by atoms with Crippen molar-refractivity contribution < 1.29 is 14.4 Å².